The van der Waals surface area contributed by atoms with E-state index in [9.17, 15) is 8.78 Å². The van der Waals surface area contributed by atoms with Gasteiger partial charge < -0.3 is 14.2 Å². The van der Waals surface area contributed by atoms with E-state index in [1.54, 1.807) is 6.07 Å². The smallest absolute Gasteiger partial charge is 0.174 e. The molecule has 0 aliphatic heterocycles. The number of aromatic nitrogens is 1. The SMILES string of the molecule is COc1cc(OC)c(F)c(COc2ccc(Cl)nc2)c1F. The standard InChI is InChI=1S/C14H12ClF2NO3/c1-19-10-5-11(20-2)14(17)9(13(10)16)7-21-8-3-4-12(15)18-6-8/h3-6H,7H2,1-2H3. The summed E-state index contributed by atoms with van der Waals surface area (Å²) in [4.78, 5) is 3.81. The normalized spacial score (nSPS) is 10.3. The Morgan fingerprint density at radius 3 is 2.19 bits per heavy atom. The zero-order valence-corrected chi connectivity index (χ0v) is 12.1. The first-order valence-corrected chi connectivity index (χ1v) is 6.27. The fourth-order valence-corrected chi connectivity index (χ4v) is 1.78. The molecule has 4 nitrogen and oxygen atoms in total. The molecule has 0 N–H and O–H groups in total. The van der Waals surface area contributed by atoms with Crippen LogP contribution in [0.1, 0.15) is 5.56 Å². The number of methoxy groups -OCH3 is 2. The first-order valence-electron chi connectivity index (χ1n) is 5.90. The fraction of sp³-hybridized carbons (Fsp3) is 0.214. The minimum absolute atomic E-state index is 0.124. The highest BCUT2D eigenvalue weighted by molar-refractivity contribution is 6.29. The van der Waals surface area contributed by atoms with Crippen molar-refractivity contribution in [1.82, 2.24) is 4.98 Å². The molecule has 0 fully saturated rings. The zero-order valence-electron chi connectivity index (χ0n) is 11.3. The van der Waals surface area contributed by atoms with Crippen molar-refractivity contribution in [2.75, 3.05) is 14.2 Å². The number of hydrogen-bond acceptors (Lipinski definition) is 4. The van der Waals surface area contributed by atoms with E-state index < -0.39 is 11.6 Å². The summed E-state index contributed by atoms with van der Waals surface area (Å²) < 4.78 is 43.1. The van der Waals surface area contributed by atoms with Crippen LogP contribution in [-0.4, -0.2) is 19.2 Å². The topological polar surface area (TPSA) is 40.6 Å². The average Bonchev–Trinajstić information content (AvgIpc) is 2.49. The van der Waals surface area contributed by atoms with Gasteiger partial charge in [0.1, 0.15) is 17.5 Å². The molecule has 0 saturated carbocycles. The lowest BCUT2D eigenvalue weighted by molar-refractivity contribution is 0.281. The molecule has 0 spiro atoms. The molecule has 0 saturated heterocycles. The third-order valence-electron chi connectivity index (χ3n) is 2.75. The third kappa shape index (κ3) is 3.33. The average molecular weight is 316 g/mol. The molecule has 112 valence electrons. The van der Waals surface area contributed by atoms with Gasteiger partial charge >= 0.3 is 0 Å². The van der Waals surface area contributed by atoms with E-state index in [2.05, 4.69) is 4.98 Å². The Hall–Kier alpha value is -2.08. The second-order valence-corrected chi connectivity index (χ2v) is 4.38. The number of hydrogen-bond donors (Lipinski definition) is 0. The highest BCUT2D eigenvalue weighted by Gasteiger charge is 2.20. The molecule has 2 rings (SSSR count). The van der Waals surface area contributed by atoms with Crippen molar-refractivity contribution in [3.63, 3.8) is 0 Å². The van der Waals surface area contributed by atoms with Crippen molar-refractivity contribution in [1.29, 1.82) is 0 Å². The van der Waals surface area contributed by atoms with E-state index in [0.29, 0.717) is 10.9 Å². The maximum Gasteiger partial charge on any atom is 0.174 e. The largest absolute Gasteiger partial charge is 0.494 e. The number of ether oxygens (including phenoxy) is 3. The van der Waals surface area contributed by atoms with Gasteiger partial charge in [0.05, 0.1) is 26.0 Å². The lowest BCUT2D eigenvalue weighted by Crippen LogP contribution is -2.06. The Morgan fingerprint density at radius 1 is 1.10 bits per heavy atom. The van der Waals surface area contributed by atoms with Gasteiger partial charge in [-0.2, -0.15) is 0 Å². The second kappa shape index (κ2) is 6.58. The number of nitrogens with zero attached hydrogens (tertiary/aromatic N) is 1. The summed E-state index contributed by atoms with van der Waals surface area (Å²) in [5.41, 5.74) is -0.291. The molecule has 0 unspecified atom stereocenters. The summed E-state index contributed by atoms with van der Waals surface area (Å²) in [6, 6.07) is 4.19. The molecule has 1 aromatic carbocycles. The monoisotopic (exact) mass is 315 g/mol. The molecule has 0 amide bonds. The van der Waals surface area contributed by atoms with Gasteiger partial charge in [-0.3, -0.25) is 0 Å². The van der Waals surface area contributed by atoms with E-state index in [0.717, 1.165) is 6.07 Å². The first kappa shape index (κ1) is 15.3. The highest BCUT2D eigenvalue weighted by atomic mass is 35.5. The van der Waals surface area contributed by atoms with Gasteiger partial charge in [-0.25, -0.2) is 13.8 Å². The van der Waals surface area contributed by atoms with Crippen molar-refractivity contribution in [3.8, 4) is 17.2 Å². The van der Waals surface area contributed by atoms with Gasteiger partial charge in [0.25, 0.3) is 0 Å². The van der Waals surface area contributed by atoms with Gasteiger partial charge in [0.15, 0.2) is 23.1 Å². The number of pyridine rings is 1. The third-order valence-corrected chi connectivity index (χ3v) is 2.97. The molecule has 0 aliphatic carbocycles. The van der Waals surface area contributed by atoms with Crippen molar-refractivity contribution < 1.29 is 23.0 Å². The molecule has 1 aromatic heterocycles. The molecule has 0 radical (unpaired) electrons. The Labute approximate surface area is 125 Å². The molecule has 0 aliphatic rings. The summed E-state index contributed by atoms with van der Waals surface area (Å²) in [7, 11) is 2.56. The van der Waals surface area contributed by atoms with Gasteiger partial charge in [-0.1, -0.05) is 11.6 Å². The van der Waals surface area contributed by atoms with Gasteiger partial charge in [0, 0.05) is 6.07 Å². The number of rotatable bonds is 5. The van der Waals surface area contributed by atoms with Crippen molar-refractivity contribution >= 4 is 11.6 Å². The molecule has 0 atom stereocenters. The van der Waals surface area contributed by atoms with Crippen LogP contribution in [0.3, 0.4) is 0 Å². The van der Waals surface area contributed by atoms with E-state index in [1.165, 1.54) is 26.5 Å². The Morgan fingerprint density at radius 2 is 1.71 bits per heavy atom. The van der Waals surface area contributed by atoms with Crippen LogP contribution in [0.2, 0.25) is 5.15 Å². The maximum absolute atomic E-state index is 14.1. The highest BCUT2D eigenvalue weighted by Crippen LogP contribution is 2.31. The minimum atomic E-state index is -0.835. The summed E-state index contributed by atoms with van der Waals surface area (Å²) in [5.74, 6) is -1.59. The van der Waals surface area contributed by atoms with Gasteiger partial charge in [-0.05, 0) is 12.1 Å². The summed E-state index contributed by atoms with van der Waals surface area (Å²) in [5, 5.41) is 0.294. The predicted molar refractivity (Wildman–Crippen MR) is 73.0 cm³/mol. The fourth-order valence-electron chi connectivity index (χ4n) is 1.67. The van der Waals surface area contributed by atoms with Crippen LogP contribution in [-0.2, 0) is 6.61 Å². The quantitative estimate of drug-likeness (QED) is 0.790. The first-order chi connectivity index (χ1) is 10.1. The second-order valence-electron chi connectivity index (χ2n) is 3.99. The number of halogens is 3. The van der Waals surface area contributed by atoms with Gasteiger partial charge in [-0.15, -0.1) is 0 Å². The lowest BCUT2D eigenvalue weighted by atomic mass is 10.1. The van der Waals surface area contributed by atoms with Gasteiger partial charge in [0.2, 0.25) is 0 Å². The zero-order chi connectivity index (χ0) is 15.4. The summed E-state index contributed by atoms with van der Waals surface area (Å²) >= 11 is 5.64. The van der Waals surface area contributed by atoms with Crippen molar-refractivity contribution in [2.24, 2.45) is 0 Å². The van der Waals surface area contributed by atoms with Crippen LogP contribution in [0.15, 0.2) is 24.4 Å². The van der Waals surface area contributed by atoms with E-state index in [4.69, 9.17) is 25.8 Å². The van der Waals surface area contributed by atoms with Crippen LogP contribution in [0.5, 0.6) is 17.2 Å². The Kier molecular flexibility index (Phi) is 4.80. The Bertz CT molecular complexity index is 607. The van der Waals surface area contributed by atoms with Crippen molar-refractivity contribution in [2.45, 2.75) is 6.61 Å². The van der Waals surface area contributed by atoms with Crippen LogP contribution in [0.25, 0.3) is 0 Å². The lowest BCUT2D eigenvalue weighted by Gasteiger charge is -2.13. The molecule has 0 bridgehead atoms. The molecule has 7 heteroatoms. The molecule has 21 heavy (non-hydrogen) atoms. The van der Waals surface area contributed by atoms with Crippen LogP contribution < -0.4 is 14.2 Å². The predicted octanol–water partition coefficient (Wildman–Crippen LogP) is 3.61. The molecular weight excluding hydrogens is 304 g/mol. The van der Waals surface area contributed by atoms with E-state index in [-0.39, 0.29) is 23.7 Å². The summed E-state index contributed by atoms with van der Waals surface area (Å²) in [6.07, 6.45) is 1.36. The summed E-state index contributed by atoms with van der Waals surface area (Å²) in [6.45, 7) is -0.339. The van der Waals surface area contributed by atoms with Crippen LogP contribution in [0.4, 0.5) is 8.78 Å². The van der Waals surface area contributed by atoms with E-state index in [1.807, 2.05) is 0 Å². The minimum Gasteiger partial charge on any atom is -0.494 e. The van der Waals surface area contributed by atoms with Crippen LogP contribution >= 0.6 is 11.6 Å². The molecule has 1 heterocycles. The van der Waals surface area contributed by atoms with E-state index >= 15 is 0 Å². The maximum atomic E-state index is 14.1. The molecule has 2 aromatic rings. The Balaban J connectivity index is 2.28. The molecular formula is C14H12ClF2NO3. The number of benzene rings is 1. The van der Waals surface area contributed by atoms with Crippen molar-refractivity contribution in [3.05, 3.63) is 46.7 Å². The van der Waals surface area contributed by atoms with Crippen LogP contribution in [0, 0.1) is 11.6 Å².